The SMILES string of the molecule is CSc1ccc(Cl)c(C(=O)O)c1F. The van der Waals surface area contributed by atoms with Crippen molar-refractivity contribution < 1.29 is 14.3 Å². The number of carboxylic acid groups (broad SMARTS) is 1. The van der Waals surface area contributed by atoms with Crippen LogP contribution in [0, 0.1) is 5.82 Å². The number of hydrogen-bond donors (Lipinski definition) is 1. The molecule has 0 aliphatic heterocycles. The van der Waals surface area contributed by atoms with E-state index in [1.54, 1.807) is 6.26 Å². The fourth-order valence-electron chi connectivity index (χ4n) is 0.887. The molecular weight excluding hydrogens is 215 g/mol. The highest BCUT2D eigenvalue weighted by molar-refractivity contribution is 7.98. The smallest absolute Gasteiger partial charge is 0.340 e. The van der Waals surface area contributed by atoms with Crippen molar-refractivity contribution >= 4 is 29.3 Å². The molecule has 0 aliphatic carbocycles. The highest BCUT2D eigenvalue weighted by Crippen LogP contribution is 2.27. The molecule has 0 radical (unpaired) electrons. The lowest BCUT2D eigenvalue weighted by molar-refractivity contribution is 0.0691. The Morgan fingerprint density at radius 2 is 2.23 bits per heavy atom. The molecular formula is C8H6ClFO2S. The van der Waals surface area contributed by atoms with Crippen molar-refractivity contribution in [2.45, 2.75) is 4.90 Å². The third-order valence-electron chi connectivity index (χ3n) is 1.49. The van der Waals surface area contributed by atoms with Gasteiger partial charge in [0.2, 0.25) is 0 Å². The molecule has 0 fully saturated rings. The average Bonchev–Trinajstić information content (AvgIpc) is 2.04. The number of halogens is 2. The molecule has 1 aromatic rings. The first kappa shape index (κ1) is 10.3. The summed E-state index contributed by atoms with van der Waals surface area (Å²) in [6.45, 7) is 0. The number of thioether (sulfide) groups is 1. The number of rotatable bonds is 2. The van der Waals surface area contributed by atoms with Crippen LogP contribution in [0.25, 0.3) is 0 Å². The van der Waals surface area contributed by atoms with E-state index < -0.39 is 17.3 Å². The van der Waals surface area contributed by atoms with E-state index in [2.05, 4.69) is 0 Å². The van der Waals surface area contributed by atoms with Gasteiger partial charge in [-0.3, -0.25) is 0 Å². The average molecular weight is 221 g/mol. The van der Waals surface area contributed by atoms with Crippen LogP contribution in [0.2, 0.25) is 5.02 Å². The highest BCUT2D eigenvalue weighted by atomic mass is 35.5. The first-order valence-electron chi connectivity index (χ1n) is 3.33. The van der Waals surface area contributed by atoms with Gasteiger partial charge in [0.1, 0.15) is 5.56 Å². The molecule has 1 N–H and O–H groups in total. The fourth-order valence-corrected chi connectivity index (χ4v) is 1.60. The summed E-state index contributed by atoms with van der Waals surface area (Å²) in [5.74, 6) is -2.12. The van der Waals surface area contributed by atoms with Crippen molar-refractivity contribution in [2.75, 3.05) is 6.26 Å². The van der Waals surface area contributed by atoms with Gasteiger partial charge in [-0.1, -0.05) is 11.6 Å². The van der Waals surface area contributed by atoms with Gasteiger partial charge in [-0.15, -0.1) is 11.8 Å². The minimum absolute atomic E-state index is 0.0807. The van der Waals surface area contributed by atoms with Crippen LogP contribution in [-0.4, -0.2) is 17.3 Å². The standard InChI is InChI=1S/C8H6ClFO2S/c1-13-5-3-2-4(9)6(7(5)10)8(11)12/h2-3H,1H3,(H,11,12). The maximum Gasteiger partial charge on any atom is 0.340 e. The summed E-state index contributed by atoms with van der Waals surface area (Å²) in [7, 11) is 0. The van der Waals surface area contributed by atoms with Gasteiger partial charge >= 0.3 is 5.97 Å². The van der Waals surface area contributed by atoms with E-state index in [9.17, 15) is 9.18 Å². The van der Waals surface area contributed by atoms with Gasteiger partial charge in [-0.25, -0.2) is 9.18 Å². The van der Waals surface area contributed by atoms with E-state index in [-0.39, 0.29) is 9.92 Å². The Morgan fingerprint density at radius 1 is 1.62 bits per heavy atom. The summed E-state index contributed by atoms with van der Waals surface area (Å²) in [5, 5.41) is 8.55. The Hall–Kier alpha value is -0.740. The summed E-state index contributed by atoms with van der Waals surface area (Å²) in [4.78, 5) is 10.9. The number of aromatic carboxylic acids is 1. The molecule has 0 amide bonds. The number of hydrogen-bond acceptors (Lipinski definition) is 2. The van der Waals surface area contributed by atoms with Gasteiger partial charge in [-0.05, 0) is 18.4 Å². The van der Waals surface area contributed by atoms with Crippen molar-refractivity contribution in [2.24, 2.45) is 0 Å². The van der Waals surface area contributed by atoms with Crippen molar-refractivity contribution in [3.8, 4) is 0 Å². The number of carboxylic acids is 1. The normalized spacial score (nSPS) is 10.1. The molecule has 1 rings (SSSR count). The minimum atomic E-state index is -1.35. The lowest BCUT2D eigenvalue weighted by Crippen LogP contribution is -2.02. The second-order valence-electron chi connectivity index (χ2n) is 2.24. The number of benzene rings is 1. The Balaban J connectivity index is 3.38. The molecule has 0 unspecified atom stereocenters. The number of carbonyl (C=O) groups is 1. The molecule has 0 bridgehead atoms. The summed E-state index contributed by atoms with van der Waals surface area (Å²) in [5.41, 5.74) is -0.464. The van der Waals surface area contributed by atoms with Gasteiger partial charge in [0.25, 0.3) is 0 Å². The van der Waals surface area contributed by atoms with E-state index in [1.165, 1.54) is 12.1 Å². The monoisotopic (exact) mass is 220 g/mol. The van der Waals surface area contributed by atoms with Gasteiger partial charge in [0.05, 0.1) is 5.02 Å². The van der Waals surface area contributed by atoms with Crippen molar-refractivity contribution in [1.82, 2.24) is 0 Å². The molecule has 5 heteroatoms. The third-order valence-corrected chi connectivity index (χ3v) is 2.56. The summed E-state index contributed by atoms with van der Waals surface area (Å²) >= 11 is 6.66. The molecule has 0 aromatic heterocycles. The fraction of sp³-hybridized carbons (Fsp3) is 0.125. The molecule has 0 aliphatic rings. The van der Waals surface area contributed by atoms with E-state index in [1.807, 2.05) is 0 Å². The first-order valence-corrected chi connectivity index (χ1v) is 4.93. The Bertz CT molecular complexity index is 354. The van der Waals surface area contributed by atoms with Crippen LogP contribution in [0.3, 0.4) is 0 Å². The van der Waals surface area contributed by atoms with Gasteiger partial charge in [-0.2, -0.15) is 0 Å². The molecule has 2 nitrogen and oxygen atoms in total. The molecule has 0 saturated carbocycles. The van der Waals surface area contributed by atoms with Crippen molar-refractivity contribution in [3.63, 3.8) is 0 Å². The maximum absolute atomic E-state index is 13.3. The van der Waals surface area contributed by atoms with Gasteiger partial charge in [0, 0.05) is 4.90 Å². The van der Waals surface area contributed by atoms with E-state index >= 15 is 0 Å². The van der Waals surface area contributed by atoms with Crippen LogP contribution in [0.5, 0.6) is 0 Å². The largest absolute Gasteiger partial charge is 0.478 e. The van der Waals surface area contributed by atoms with Gasteiger partial charge in [0.15, 0.2) is 5.82 Å². The quantitative estimate of drug-likeness (QED) is 0.779. The molecule has 0 heterocycles. The van der Waals surface area contributed by atoms with E-state index in [4.69, 9.17) is 16.7 Å². The van der Waals surface area contributed by atoms with Gasteiger partial charge < -0.3 is 5.11 Å². The second-order valence-corrected chi connectivity index (χ2v) is 3.50. The Kier molecular flexibility index (Phi) is 3.17. The van der Waals surface area contributed by atoms with Crippen LogP contribution in [0.1, 0.15) is 10.4 Å². The Labute approximate surface area is 83.7 Å². The van der Waals surface area contributed by atoms with Crippen molar-refractivity contribution in [3.05, 3.63) is 28.5 Å². The zero-order chi connectivity index (χ0) is 10.0. The zero-order valence-corrected chi connectivity index (χ0v) is 8.25. The summed E-state index contributed by atoms with van der Waals surface area (Å²) < 4.78 is 13.3. The summed E-state index contributed by atoms with van der Waals surface area (Å²) in [6, 6.07) is 2.83. The Morgan fingerprint density at radius 3 is 2.69 bits per heavy atom. The maximum atomic E-state index is 13.3. The second kappa shape index (κ2) is 3.98. The van der Waals surface area contributed by atoms with Crippen LogP contribution in [-0.2, 0) is 0 Å². The molecule has 1 aromatic carbocycles. The molecule has 0 saturated heterocycles. The molecule has 0 atom stereocenters. The first-order chi connectivity index (χ1) is 6.07. The topological polar surface area (TPSA) is 37.3 Å². The predicted molar refractivity (Wildman–Crippen MR) is 50.2 cm³/mol. The van der Waals surface area contributed by atoms with Crippen LogP contribution in [0.4, 0.5) is 4.39 Å². The van der Waals surface area contributed by atoms with Crippen LogP contribution in [0.15, 0.2) is 17.0 Å². The van der Waals surface area contributed by atoms with Crippen LogP contribution >= 0.6 is 23.4 Å². The lowest BCUT2D eigenvalue weighted by Gasteiger charge is -2.04. The minimum Gasteiger partial charge on any atom is -0.478 e. The molecule has 13 heavy (non-hydrogen) atoms. The predicted octanol–water partition coefficient (Wildman–Crippen LogP) is 2.90. The summed E-state index contributed by atoms with van der Waals surface area (Å²) in [6.07, 6.45) is 1.66. The van der Waals surface area contributed by atoms with Crippen LogP contribution < -0.4 is 0 Å². The zero-order valence-electron chi connectivity index (χ0n) is 6.67. The van der Waals surface area contributed by atoms with E-state index in [0.29, 0.717) is 0 Å². The highest BCUT2D eigenvalue weighted by Gasteiger charge is 2.17. The van der Waals surface area contributed by atoms with E-state index in [0.717, 1.165) is 11.8 Å². The van der Waals surface area contributed by atoms with Crippen molar-refractivity contribution in [1.29, 1.82) is 0 Å². The molecule has 0 spiro atoms. The lowest BCUT2D eigenvalue weighted by atomic mass is 10.2. The molecule has 70 valence electrons. The third kappa shape index (κ3) is 1.95.